The van der Waals surface area contributed by atoms with Gasteiger partial charge in [-0.1, -0.05) is 30.3 Å². The molecule has 0 aliphatic heterocycles. The Hall–Kier alpha value is -2.82. The molecular weight excluding hydrogens is 302 g/mol. The van der Waals surface area contributed by atoms with E-state index in [0.29, 0.717) is 13.1 Å². The Labute approximate surface area is 142 Å². The summed E-state index contributed by atoms with van der Waals surface area (Å²) in [6.07, 6.45) is 0. The quantitative estimate of drug-likeness (QED) is 0.884. The molecule has 0 atom stereocenters. The van der Waals surface area contributed by atoms with Gasteiger partial charge in [-0.3, -0.25) is 4.79 Å². The maximum Gasteiger partial charge on any atom is 0.319 e. The number of rotatable bonds is 5. The van der Waals surface area contributed by atoms with E-state index in [4.69, 9.17) is 0 Å². The van der Waals surface area contributed by atoms with Crippen molar-refractivity contribution in [3.8, 4) is 0 Å². The number of nitrogens with zero attached hydrogens (tertiary/aromatic N) is 1. The van der Waals surface area contributed by atoms with Gasteiger partial charge in [-0.15, -0.1) is 0 Å². The van der Waals surface area contributed by atoms with Crippen molar-refractivity contribution in [1.29, 1.82) is 0 Å². The Morgan fingerprint density at radius 1 is 1.04 bits per heavy atom. The first-order chi connectivity index (χ1) is 11.5. The van der Waals surface area contributed by atoms with Crippen molar-refractivity contribution in [2.75, 3.05) is 23.3 Å². The third-order valence-electron chi connectivity index (χ3n) is 3.69. The van der Waals surface area contributed by atoms with Crippen LogP contribution in [-0.4, -0.2) is 25.0 Å². The fourth-order valence-electron chi connectivity index (χ4n) is 2.44. The molecule has 2 aromatic rings. The molecule has 5 nitrogen and oxygen atoms in total. The highest BCUT2D eigenvalue weighted by atomic mass is 16.2. The molecular formula is C19H23N3O2. The van der Waals surface area contributed by atoms with Gasteiger partial charge in [0.1, 0.15) is 0 Å². The number of aryl methyl sites for hydroxylation is 2. The maximum atomic E-state index is 12.0. The molecule has 0 saturated heterocycles. The Balaban J connectivity index is 1.93. The average Bonchev–Trinajstić information content (AvgIpc) is 2.55. The van der Waals surface area contributed by atoms with E-state index in [2.05, 4.69) is 10.6 Å². The van der Waals surface area contributed by atoms with Gasteiger partial charge in [0.25, 0.3) is 0 Å². The zero-order valence-electron chi connectivity index (χ0n) is 14.3. The summed E-state index contributed by atoms with van der Waals surface area (Å²) in [6, 6.07) is 14.9. The normalized spacial score (nSPS) is 10.1. The van der Waals surface area contributed by atoms with E-state index in [1.807, 2.05) is 62.4 Å². The predicted octanol–water partition coefficient (Wildman–Crippen LogP) is 3.48. The van der Waals surface area contributed by atoms with Gasteiger partial charge in [-0.25, -0.2) is 4.79 Å². The van der Waals surface area contributed by atoms with Crippen molar-refractivity contribution in [1.82, 2.24) is 5.32 Å². The third kappa shape index (κ3) is 4.84. The Kier molecular flexibility index (Phi) is 5.95. The van der Waals surface area contributed by atoms with Crippen LogP contribution in [0.4, 0.5) is 16.2 Å². The Morgan fingerprint density at radius 2 is 1.75 bits per heavy atom. The van der Waals surface area contributed by atoms with E-state index >= 15 is 0 Å². The fourth-order valence-corrected chi connectivity index (χ4v) is 2.44. The van der Waals surface area contributed by atoms with Gasteiger partial charge in [-0.2, -0.15) is 0 Å². The third-order valence-corrected chi connectivity index (χ3v) is 3.69. The summed E-state index contributed by atoms with van der Waals surface area (Å²) in [6.45, 7) is 6.28. The summed E-state index contributed by atoms with van der Waals surface area (Å²) in [5, 5.41) is 5.53. The van der Waals surface area contributed by atoms with Crippen LogP contribution in [0.1, 0.15) is 18.1 Å². The molecule has 2 aromatic carbocycles. The van der Waals surface area contributed by atoms with E-state index < -0.39 is 0 Å². The number of hydrogen-bond donors (Lipinski definition) is 2. The van der Waals surface area contributed by atoms with E-state index in [1.165, 1.54) is 6.92 Å². The minimum atomic E-state index is -0.286. The lowest BCUT2D eigenvalue weighted by atomic mass is 10.1. The first-order valence-corrected chi connectivity index (χ1v) is 7.92. The average molecular weight is 325 g/mol. The van der Waals surface area contributed by atoms with Crippen LogP contribution in [0.5, 0.6) is 0 Å². The van der Waals surface area contributed by atoms with Gasteiger partial charge >= 0.3 is 6.03 Å². The molecule has 0 heterocycles. The van der Waals surface area contributed by atoms with Crippen LogP contribution in [0.25, 0.3) is 0 Å². The molecule has 0 aliphatic carbocycles. The van der Waals surface area contributed by atoms with Crippen LogP contribution in [-0.2, 0) is 4.79 Å². The highest BCUT2D eigenvalue weighted by Gasteiger charge is 2.14. The summed E-state index contributed by atoms with van der Waals surface area (Å²) in [4.78, 5) is 25.6. The molecule has 0 saturated carbocycles. The standard InChI is InChI=1S/C19H23N3O2/c1-14-9-10-15(2)18(13-14)22(16(3)23)12-11-20-19(24)21-17-7-5-4-6-8-17/h4-10,13H,11-12H2,1-3H3,(H2,20,21,24). The topological polar surface area (TPSA) is 61.4 Å². The molecule has 0 fully saturated rings. The molecule has 5 heteroatoms. The van der Waals surface area contributed by atoms with Gasteiger partial charge in [0.2, 0.25) is 5.91 Å². The summed E-state index contributed by atoms with van der Waals surface area (Å²) in [7, 11) is 0. The van der Waals surface area contributed by atoms with E-state index in [-0.39, 0.29) is 11.9 Å². The van der Waals surface area contributed by atoms with Gasteiger partial charge in [0, 0.05) is 31.4 Å². The zero-order valence-corrected chi connectivity index (χ0v) is 14.3. The second kappa shape index (κ2) is 8.15. The first-order valence-electron chi connectivity index (χ1n) is 7.92. The van der Waals surface area contributed by atoms with E-state index in [1.54, 1.807) is 4.90 Å². The van der Waals surface area contributed by atoms with Gasteiger partial charge < -0.3 is 15.5 Å². The van der Waals surface area contributed by atoms with Crippen molar-refractivity contribution >= 4 is 23.3 Å². The number of para-hydroxylation sites is 1. The number of nitrogens with one attached hydrogen (secondary N) is 2. The molecule has 2 rings (SSSR count). The van der Waals surface area contributed by atoms with E-state index in [9.17, 15) is 9.59 Å². The Morgan fingerprint density at radius 3 is 2.42 bits per heavy atom. The highest BCUT2D eigenvalue weighted by Crippen LogP contribution is 2.21. The molecule has 0 spiro atoms. The lowest BCUT2D eigenvalue weighted by Gasteiger charge is -2.23. The molecule has 24 heavy (non-hydrogen) atoms. The van der Waals surface area contributed by atoms with Crippen molar-refractivity contribution in [2.24, 2.45) is 0 Å². The number of benzene rings is 2. The van der Waals surface area contributed by atoms with Gasteiger partial charge in [0.15, 0.2) is 0 Å². The Bertz CT molecular complexity index is 714. The van der Waals surface area contributed by atoms with Crippen molar-refractivity contribution < 1.29 is 9.59 Å². The van der Waals surface area contributed by atoms with Crippen molar-refractivity contribution in [3.63, 3.8) is 0 Å². The van der Waals surface area contributed by atoms with Crippen LogP contribution in [0.15, 0.2) is 48.5 Å². The molecule has 2 N–H and O–H groups in total. The predicted molar refractivity (Wildman–Crippen MR) is 97.4 cm³/mol. The second-order valence-electron chi connectivity index (χ2n) is 5.71. The monoisotopic (exact) mass is 325 g/mol. The van der Waals surface area contributed by atoms with Crippen LogP contribution < -0.4 is 15.5 Å². The number of amides is 3. The second-order valence-corrected chi connectivity index (χ2v) is 5.71. The van der Waals surface area contributed by atoms with Crippen molar-refractivity contribution in [3.05, 3.63) is 59.7 Å². The SMILES string of the molecule is CC(=O)N(CCNC(=O)Nc1ccccc1)c1cc(C)ccc1C. The summed E-state index contributed by atoms with van der Waals surface area (Å²) in [5.74, 6) is -0.0473. The molecule has 0 unspecified atom stereocenters. The molecule has 126 valence electrons. The van der Waals surface area contributed by atoms with Gasteiger partial charge in [0.05, 0.1) is 0 Å². The summed E-state index contributed by atoms with van der Waals surface area (Å²) >= 11 is 0. The lowest BCUT2D eigenvalue weighted by Crippen LogP contribution is -2.39. The smallest absolute Gasteiger partial charge is 0.319 e. The minimum absolute atomic E-state index is 0.0473. The zero-order chi connectivity index (χ0) is 17.5. The van der Waals surface area contributed by atoms with Crippen LogP contribution >= 0.6 is 0 Å². The lowest BCUT2D eigenvalue weighted by molar-refractivity contribution is -0.116. The number of urea groups is 1. The summed E-state index contributed by atoms with van der Waals surface area (Å²) in [5.41, 5.74) is 3.74. The highest BCUT2D eigenvalue weighted by molar-refractivity contribution is 5.93. The maximum absolute atomic E-state index is 12.0. The number of hydrogen-bond acceptors (Lipinski definition) is 2. The molecule has 3 amide bonds. The molecule has 0 bridgehead atoms. The van der Waals surface area contributed by atoms with Crippen molar-refractivity contribution in [2.45, 2.75) is 20.8 Å². The first kappa shape index (κ1) is 17.5. The van der Waals surface area contributed by atoms with E-state index in [0.717, 1.165) is 22.5 Å². The fraction of sp³-hybridized carbons (Fsp3) is 0.263. The van der Waals surface area contributed by atoms with Crippen LogP contribution in [0.3, 0.4) is 0 Å². The van der Waals surface area contributed by atoms with Crippen LogP contribution in [0.2, 0.25) is 0 Å². The molecule has 0 aliphatic rings. The number of carbonyl (C=O) groups is 2. The summed E-state index contributed by atoms with van der Waals surface area (Å²) < 4.78 is 0. The number of anilines is 2. The largest absolute Gasteiger partial charge is 0.336 e. The number of carbonyl (C=O) groups excluding carboxylic acids is 2. The molecule has 0 radical (unpaired) electrons. The molecule has 0 aromatic heterocycles. The van der Waals surface area contributed by atoms with Crippen LogP contribution in [0, 0.1) is 13.8 Å². The minimum Gasteiger partial charge on any atom is -0.336 e. The van der Waals surface area contributed by atoms with Gasteiger partial charge in [-0.05, 0) is 43.2 Å².